The number of thioether (sulfide) groups is 1. The minimum Gasteiger partial charge on any atom is -0.462 e. The third-order valence-electron chi connectivity index (χ3n) is 2.20. The summed E-state index contributed by atoms with van der Waals surface area (Å²) in [4.78, 5) is 15.8. The first-order valence-corrected chi connectivity index (χ1v) is 6.77. The minimum atomic E-state index is -0.344. The van der Waals surface area contributed by atoms with Gasteiger partial charge in [-0.25, -0.2) is 4.79 Å². The SMILES string of the molecule is CCSCCCOC(=O)c1cc(N)cnc1C. The molecule has 0 spiro atoms. The van der Waals surface area contributed by atoms with Gasteiger partial charge in [-0.1, -0.05) is 6.92 Å². The van der Waals surface area contributed by atoms with E-state index >= 15 is 0 Å². The molecule has 1 aromatic heterocycles. The van der Waals surface area contributed by atoms with Crippen molar-refractivity contribution < 1.29 is 9.53 Å². The van der Waals surface area contributed by atoms with E-state index in [1.54, 1.807) is 13.0 Å². The third kappa shape index (κ3) is 4.65. The highest BCUT2D eigenvalue weighted by molar-refractivity contribution is 7.99. The molecule has 1 heterocycles. The van der Waals surface area contributed by atoms with Crippen molar-refractivity contribution in [1.82, 2.24) is 4.98 Å². The largest absolute Gasteiger partial charge is 0.462 e. The Hall–Kier alpha value is -1.23. The van der Waals surface area contributed by atoms with Crippen LogP contribution in [0.1, 0.15) is 29.4 Å². The summed E-state index contributed by atoms with van der Waals surface area (Å²) in [5.74, 6) is 1.76. The van der Waals surface area contributed by atoms with E-state index in [9.17, 15) is 4.79 Å². The first-order chi connectivity index (χ1) is 8.15. The molecule has 4 nitrogen and oxygen atoms in total. The smallest absolute Gasteiger partial charge is 0.340 e. The second kappa shape index (κ2) is 7.17. The summed E-state index contributed by atoms with van der Waals surface area (Å²) in [5, 5.41) is 0. The van der Waals surface area contributed by atoms with Gasteiger partial charge < -0.3 is 10.5 Å². The Morgan fingerprint density at radius 1 is 1.59 bits per heavy atom. The second-order valence-electron chi connectivity index (χ2n) is 3.59. The van der Waals surface area contributed by atoms with E-state index in [4.69, 9.17) is 10.5 Å². The Bertz CT molecular complexity index is 383. The zero-order valence-electron chi connectivity index (χ0n) is 10.2. The van der Waals surface area contributed by atoms with E-state index in [1.807, 2.05) is 11.8 Å². The van der Waals surface area contributed by atoms with Gasteiger partial charge in [0.2, 0.25) is 0 Å². The summed E-state index contributed by atoms with van der Waals surface area (Å²) in [6.45, 7) is 4.32. The van der Waals surface area contributed by atoms with Crippen molar-refractivity contribution in [3.63, 3.8) is 0 Å². The number of nitrogens with two attached hydrogens (primary N) is 1. The van der Waals surface area contributed by atoms with Crippen LogP contribution in [0.25, 0.3) is 0 Å². The number of aryl methyl sites for hydroxylation is 1. The fraction of sp³-hybridized carbons (Fsp3) is 0.500. The summed E-state index contributed by atoms with van der Waals surface area (Å²) < 4.78 is 5.16. The highest BCUT2D eigenvalue weighted by atomic mass is 32.2. The van der Waals surface area contributed by atoms with Crippen LogP contribution in [0.4, 0.5) is 5.69 Å². The first-order valence-electron chi connectivity index (χ1n) is 5.62. The number of carbonyl (C=O) groups is 1. The van der Waals surface area contributed by atoms with Gasteiger partial charge in [-0.2, -0.15) is 11.8 Å². The fourth-order valence-corrected chi connectivity index (χ4v) is 1.91. The van der Waals surface area contributed by atoms with Crippen LogP contribution in [-0.2, 0) is 4.74 Å². The molecule has 1 aromatic rings. The lowest BCUT2D eigenvalue weighted by atomic mass is 10.2. The molecule has 94 valence electrons. The predicted molar refractivity (Wildman–Crippen MR) is 71.3 cm³/mol. The highest BCUT2D eigenvalue weighted by Crippen LogP contribution is 2.11. The number of pyridine rings is 1. The average Bonchev–Trinajstić information content (AvgIpc) is 2.32. The molecule has 0 saturated carbocycles. The maximum absolute atomic E-state index is 11.7. The summed E-state index contributed by atoms with van der Waals surface area (Å²) >= 11 is 1.84. The van der Waals surface area contributed by atoms with Gasteiger partial charge in [0.05, 0.1) is 29.7 Å². The van der Waals surface area contributed by atoms with Gasteiger partial charge in [-0.3, -0.25) is 4.98 Å². The predicted octanol–water partition coefficient (Wildman–Crippen LogP) is 2.27. The van der Waals surface area contributed by atoms with Crippen molar-refractivity contribution in [2.45, 2.75) is 20.3 Å². The molecule has 0 unspecified atom stereocenters. The molecule has 2 N–H and O–H groups in total. The van der Waals surface area contributed by atoms with E-state index in [2.05, 4.69) is 11.9 Å². The topological polar surface area (TPSA) is 65.2 Å². The van der Waals surface area contributed by atoms with Crippen LogP contribution in [0, 0.1) is 6.92 Å². The number of anilines is 1. The molecular weight excluding hydrogens is 236 g/mol. The Morgan fingerprint density at radius 2 is 2.35 bits per heavy atom. The zero-order chi connectivity index (χ0) is 12.7. The van der Waals surface area contributed by atoms with Crippen molar-refractivity contribution in [3.8, 4) is 0 Å². The zero-order valence-corrected chi connectivity index (χ0v) is 11.0. The van der Waals surface area contributed by atoms with Gasteiger partial charge in [-0.15, -0.1) is 0 Å². The third-order valence-corrected chi connectivity index (χ3v) is 3.18. The highest BCUT2D eigenvalue weighted by Gasteiger charge is 2.11. The van der Waals surface area contributed by atoms with E-state index in [1.165, 1.54) is 6.20 Å². The molecule has 0 aliphatic rings. The molecule has 5 heteroatoms. The number of hydrogen-bond donors (Lipinski definition) is 1. The number of ether oxygens (including phenoxy) is 1. The van der Waals surface area contributed by atoms with Crippen molar-refractivity contribution in [3.05, 3.63) is 23.5 Å². The van der Waals surface area contributed by atoms with Crippen molar-refractivity contribution >= 4 is 23.4 Å². The number of esters is 1. The number of aromatic nitrogens is 1. The van der Waals surface area contributed by atoms with E-state index in [0.717, 1.165) is 17.9 Å². The molecule has 0 atom stereocenters. The molecular formula is C12H18N2O2S. The molecule has 0 aliphatic heterocycles. The van der Waals surface area contributed by atoms with Crippen LogP contribution in [-0.4, -0.2) is 29.1 Å². The summed E-state index contributed by atoms with van der Waals surface area (Å²) in [6.07, 6.45) is 2.41. The minimum absolute atomic E-state index is 0.344. The Kier molecular flexibility index (Phi) is 5.83. The normalized spacial score (nSPS) is 10.2. The van der Waals surface area contributed by atoms with E-state index in [-0.39, 0.29) is 5.97 Å². The molecule has 0 aromatic carbocycles. The summed E-state index contributed by atoms with van der Waals surface area (Å²) in [5.41, 5.74) is 7.16. The monoisotopic (exact) mass is 254 g/mol. The lowest BCUT2D eigenvalue weighted by Gasteiger charge is -2.07. The van der Waals surface area contributed by atoms with Crippen LogP contribution >= 0.6 is 11.8 Å². The molecule has 0 fully saturated rings. The van der Waals surface area contributed by atoms with E-state index < -0.39 is 0 Å². The molecule has 0 amide bonds. The van der Waals surface area contributed by atoms with Gasteiger partial charge in [0.1, 0.15) is 0 Å². The van der Waals surface area contributed by atoms with Gasteiger partial charge in [0.15, 0.2) is 0 Å². The molecule has 0 saturated heterocycles. The maximum atomic E-state index is 11.7. The molecule has 0 bridgehead atoms. The van der Waals surface area contributed by atoms with E-state index in [0.29, 0.717) is 23.6 Å². The van der Waals surface area contributed by atoms with Gasteiger partial charge >= 0.3 is 5.97 Å². The summed E-state index contributed by atoms with van der Waals surface area (Å²) in [7, 11) is 0. The number of nitrogen functional groups attached to an aromatic ring is 1. The first kappa shape index (κ1) is 13.8. The lowest BCUT2D eigenvalue weighted by Crippen LogP contribution is -2.10. The number of nitrogens with zero attached hydrogens (tertiary/aromatic N) is 1. The standard InChI is InChI=1S/C12H18N2O2S/c1-3-17-6-4-5-16-12(15)11-7-10(13)8-14-9(11)2/h7-8H,3-6,13H2,1-2H3. The van der Waals surface area contributed by atoms with Crippen LogP contribution in [0.3, 0.4) is 0 Å². The van der Waals surface area contributed by atoms with Crippen molar-refractivity contribution in [2.75, 3.05) is 23.8 Å². The Morgan fingerprint density at radius 3 is 3.06 bits per heavy atom. The number of hydrogen-bond acceptors (Lipinski definition) is 5. The van der Waals surface area contributed by atoms with Crippen LogP contribution in [0.2, 0.25) is 0 Å². The second-order valence-corrected chi connectivity index (χ2v) is 4.98. The van der Waals surface area contributed by atoms with Crippen LogP contribution in [0.5, 0.6) is 0 Å². The van der Waals surface area contributed by atoms with Crippen molar-refractivity contribution in [2.24, 2.45) is 0 Å². The Balaban J connectivity index is 2.44. The molecule has 0 aliphatic carbocycles. The van der Waals surface area contributed by atoms with Crippen LogP contribution < -0.4 is 5.73 Å². The van der Waals surface area contributed by atoms with Gasteiger partial charge in [0, 0.05) is 0 Å². The Labute approximate surface area is 106 Å². The van der Waals surface area contributed by atoms with Crippen molar-refractivity contribution in [1.29, 1.82) is 0 Å². The van der Waals surface area contributed by atoms with Gasteiger partial charge in [-0.05, 0) is 30.9 Å². The lowest BCUT2D eigenvalue weighted by molar-refractivity contribution is 0.0505. The summed E-state index contributed by atoms with van der Waals surface area (Å²) in [6, 6.07) is 1.60. The fourth-order valence-electron chi connectivity index (χ4n) is 1.30. The molecule has 0 radical (unpaired) electrons. The van der Waals surface area contributed by atoms with Gasteiger partial charge in [0.25, 0.3) is 0 Å². The molecule has 17 heavy (non-hydrogen) atoms. The number of carbonyl (C=O) groups excluding carboxylic acids is 1. The quantitative estimate of drug-likeness (QED) is 0.623. The molecule has 1 rings (SSSR count). The van der Waals surface area contributed by atoms with Crippen LogP contribution in [0.15, 0.2) is 12.3 Å². The maximum Gasteiger partial charge on any atom is 0.340 e. The number of rotatable bonds is 6. The average molecular weight is 254 g/mol.